The summed E-state index contributed by atoms with van der Waals surface area (Å²) in [6, 6.07) is 0. The first-order valence-corrected chi connectivity index (χ1v) is 12.7. The van der Waals surface area contributed by atoms with Crippen molar-refractivity contribution >= 4 is 11.8 Å². The highest BCUT2D eigenvalue weighted by Gasteiger charge is 2.62. The molecule has 0 aromatic heterocycles. The van der Waals surface area contributed by atoms with Gasteiger partial charge in [0, 0.05) is 6.42 Å². The van der Waals surface area contributed by atoms with Crippen LogP contribution >= 0.6 is 0 Å². The molecule has 2 unspecified atom stereocenters. The number of cyclic esters (lactones) is 1. The fourth-order valence-electron chi connectivity index (χ4n) is 8.67. The van der Waals surface area contributed by atoms with Crippen LogP contribution in [0.5, 0.6) is 0 Å². The summed E-state index contributed by atoms with van der Waals surface area (Å²) in [6.45, 7) is 8.37. The first-order chi connectivity index (χ1) is 15.6. The molecule has 5 rings (SSSR count). The Bertz CT molecular complexity index is 959. The van der Waals surface area contributed by atoms with Gasteiger partial charge in [0.2, 0.25) is 0 Å². The van der Waals surface area contributed by atoms with Crippen LogP contribution in [0.25, 0.3) is 0 Å². The van der Waals surface area contributed by atoms with Gasteiger partial charge >= 0.3 is 5.97 Å². The lowest BCUT2D eigenvalue weighted by atomic mass is 9.46. The summed E-state index contributed by atoms with van der Waals surface area (Å²) < 4.78 is 5.82. The maximum absolute atomic E-state index is 13.1. The van der Waals surface area contributed by atoms with Gasteiger partial charge in [-0.15, -0.1) is 0 Å². The number of ether oxygens (including phenoxy) is 1. The van der Waals surface area contributed by atoms with E-state index in [0.29, 0.717) is 23.8 Å². The summed E-state index contributed by atoms with van der Waals surface area (Å²) >= 11 is 0. The molecule has 0 bridgehead atoms. The van der Waals surface area contributed by atoms with E-state index < -0.39 is 11.5 Å². The van der Waals surface area contributed by atoms with Crippen LogP contribution in [0.1, 0.15) is 66.2 Å². The molecule has 2 saturated carbocycles. The van der Waals surface area contributed by atoms with E-state index in [4.69, 9.17) is 4.74 Å². The van der Waals surface area contributed by atoms with Crippen molar-refractivity contribution in [2.75, 3.05) is 6.61 Å². The number of carbonyl (C=O) groups is 2. The molecule has 5 aliphatic rings. The summed E-state index contributed by atoms with van der Waals surface area (Å²) in [5.41, 5.74) is 2.02. The number of hydrogen-bond acceptors (Lipinski definition) is 5. The van der Waals surface area contributed by atoms with Crippen molar-refractivity contribution in [3.8, 4) is 0 Å². The van der Waals surface area contributed by atoms with E-state index in [-0.39, 0.29) is 47.6 Å². The minimum atomic E-state index is -0.499. The molecule has 0 amide bonds. The normalized spacial score (nSPS) is 45.7. The van der Waals surface area contributed by atoms with E-state index in [1.54, 1.807) is 6.08 Å². The minimum absolute atomic E-state index is 0.0537. The van der Waals surface area contributed by atoms with E-state index in [9.17, 15) is 19.8 Å². The van der Waals surface area contributed by atoms with Crippen molar-refractivity contribution < 1.29 is 24.5 Å². The van der Waals surface area contributed by atoms with Crippen LogP contribution < -0.4 is 0 Å². The van der Waals surface area contributed by atoms with E-state index in [1.807, 2.05) is 19.1 Å². The molecule has 1 heterocycles. The predicted molar refractivity (Wildman–Crippen MR) is 125 cm³/mol. The molecule has 0 aromatic carbocycles. The highest BCUT2D eigenvalue weighted by Crippen LogP contribution is 2.66. The zero-order chi connectivity index (χ0) is 23.7. The largest absolute Gasteiger partial charge is 0.458 e. The van der Waals surface area contributed by atoms with Gasteiger partial charge in [0.25, 0.3) is 0 Å². The first-order valence-electron chi connectivity index (χ1n) is 12.7. The molecule has 4 aliphatic carbocycles. The monoisotopic (exact) mass is 454 g/mol. The maximum atomic E-state index is 13.1. The number of rotatable bonds is 3. The van der Waals surface area contributed by atoms with Gasteiger partial charge < -0.3 is 14.9 Å². The number of aliphatic hydroxyl groups excluding tert-OH is 2. The number of esters is 1. The van der Waals surface area contributed by atoms with Crippen molar-refractivity contribution in [3.05, 3.63) is 34.9 Å². The Labute approximate surface area is 197 Å². The second kappa shape index (κ2) is 7.91. The molecule has 1 aliphatic heterocycles. The minimum Gasteiger partial charge on any atom is -0.458 e. The van der Waals surface area contributed by atoms with Crippen LogP contribution in [0.15, 0.2) is 34.9 Å². The zero-order valence-corrected chi connectivity index (χ0v) is 20.3. The molecule has 0 aromatic rings. The molecule has 0 saturated heterocycles. The van der Waals surface area contributed by atoms with Crippen molar-refractivity contribution in [1.29, 1.82) is 0 Å². The van der Waals surface area contributed by atoms with Crippen molar-refractivity contribution in [2.24, 2.45) is 40.4 Å². The molecule has 2 N–H and O–H groups in total. The quantitative estimate of drug-likeness (QED) is 0.495. The molecule has 2 fully saturated rings. The maximum Gasteiger partial charge on any atom is 0.336 e. The first kappa shape index (κ1) is 23.0. The van der Waals surface area contributed by atoms with E-state index in [0.717, 1.165) is 43.3 Å². The number of carbonyl (C=O) groups excluding carboxylic acids is 2. The van der Waals surface area contributed by atoms with Crippen LogP contribution in [0.4, 0.5) is 0 Å². The molecule has 5 heteroatoms. The summed E-state index contributed by atoms with van der Waals surface area (Å²) in [5, 5.41) is 20.8. The average Bonchev–Trinajstić information content (AvgIpc) is 3.12. The van der Waals surface area contributed by atoms with E-state index in [2.05, 4.69) is 20.8 Å². The standard InChI is InChI=1S/C28H38O5/c1-15-12-23(33-26(32)18(15)14-29)16(2)19-8-9-20-25-21(10-11-27(19,20)3)28(4)17(13-22(25)30)6-5-7-24(28)31/h5,7,13,16,19-23,25,29-30H,6,8-12,14H2,1-4H3/t16?,19-,20+,21+,22?,23-,25+,27-,28+/m1/s1. The lowest BCUT2D eigenvalue weighted by Crippen LogP contribution is -2.56. The Morgan fingerprint density at radius 2 is 1.94 bits per heavy atom. The zero-order valence-electron chi connectivity index (χ0n) is 20.3. The van der Waals surface area contributed by atoms with Crippen LogP contribution in [0, 0.1) is 40.4 Å². The van der Waals surface area contributed by atoms with Crippen LogP contribution in [0.2, 0.25) is 0 Å². The Morgan fingerprint density at radius 1 is 1.18 bits per heavy atom. The average molecular weight is 455 g/mol. The molecule has 9 atom stereocenters. The van der Waals surface area contributed by atoms with Crippen molar-refractivity contribution in [2.45, 2.75) is 78.4 Å². The molecule has 33 heavy (non-hydrogen) atoms. The number of allylic oxidation sites excluding steroid dienone is 3. The van der Waals surface area contributed by atoms with Crippen LogP contribution in [-0.2, 0) is 14.3 Å². The molecule has 0 radical (unpaired) electrons. The van der Waals surface area contributed by atoms with Crippen LogP contribution in [-0.4, -0.2) is 40.8 Å². The van der Waals surface area contributed by atoms with Gasteiger partial charge in [-0.2, -0.15) is 0 Å². The summed E-state index contributed by atoms with van der Waals surface area (Å²) in [4.78, 5) is 25.5. The van der Waals surface area contributed by atoms with Gasteiger partial charge in [0.05, 0.1) is 23.7 Å². The molecule has 0 spiro atoms. The lowest BCUT2D eigenvalue weighted by Gasteiger charge is -2.58. The van der Waals surface area contributed by atoms with Gasteiger partial charge in [-0.05, 0) is 87.0 Å². The third kappa shape index (κ3) is 3.18. The third-order valence-corrected chi connectivity index (χ3v) is 10.6. The van der Waals surface area contributed by atoms with Gasteiger partial charge in [-0.1, -0.05) is 37.1 Å². The van der Waals surface area contributed by atoms with E-state index >= 15 is 0 Å². The number of fused-ring (bicyclic) bond motifs is 5. The van der Waals surface area contributed by atoms with Crippen LogP contribution in [0.3, 0.4) is 0 Å². The van der Waals surface area contributed by atoms with Crippen molar-refractivity contribution in [3.63, 3.8) is 0 Å². The second-order valence-corrected chi connectivity index (χ2v) is 11.8. The molecule has 5 nitrogen and oxygen atoms in total. The Kier molecular flexibility index (Phi) is 5.52. The number of hydrogen-bond donors (Lipinski definition) is 2. The highest BCUT2D eigenvalue weighted by molar-refractivity contribution is 5.98. The molecular formula is C28H38O5. The Morgan fingerprint density at radius 3 is 2.64 bits per heavy atom. The molecular weight excluding hydrogens is 416 g/mol. The van der Waals surface area contributed by atoms with E-state index in [1.165, 1.54) is 0 Å². The smallest absolute Gasteiger partial charge is 0.336 e. The fourth-order valence-corrected chi connectivity index (χ4v) is 8.67. The number of ketones is 1. The summed E-state index contributed by atoms with van der Waals surface area (Å²) in [7, 11) is 0. The highest BCUT2D eigenvalue weighted by atomic mass is 16.5. The topological polar surface area (TPSA) is 83.8 Å². The fraction of sp³-hybridized carbons (Fsp3) is 0.714. The second-order valence-electron chi connectivity index (χ2n) is 11.8. The summed E-state index contributed by atoms with van der Waals surface area (Å²) in [6.07, 6.45) is 10.6. The summed E-state index contributed by atoms with van der Waals surface area (Å²) in [5.74, 6) is 1.07. The Balaban J connectivity index is 1.42. The third-order valence-electron chi connectivity index (χ3n) is 10.6. The van der Waals surface area contributed by atoms with Gasteiger partial charge in [-0.25, -0.2) is 4.79 Å². The Hall–Kier alpha value is -1.72. The lowest BCUT2D eigenvalue weighted by molar-refractivity contribution is -0.153. The SMILES string of the molecule is CC1=C(CO)C(=O)O[C@@H](C(C)[C@H]2CC[C@H]3[C@@H]4C(O)C=C5CC=CC(=O)[C@]5(C)[C@H]4CC[C@]23C)C1. The van der Waals surface area contributed by atoms with Gasteiger partial charge in [0.1, 0.15) is 6.10 Å². The number of aliphatic hydroxyl groups is 2. The molecule has 180 valence electrons. The van der Waals surface area contributed by atoms with Gasteiger partial charge in [-0.3, -0.25) is 4.79 Å². The van der Waals surface area contributed by atoms with Gasteiger partial charge in [0.15, 0.2) is 5.78 Å². The van der Waals surface area contributed by atoms with Crippen molar-refractivity contribution in [1.82, 2.24) is 0 Å². The predicted octanol–water partition coefficient (Wildman–Crippen LogP) is 4.14.